The summed E-state index contributed by atoms with van der Waals surface area (Å²) in [6.07, 6.45) is 2.05. The SMILES string of the molecule is Clc1ccc(-n2cccc2-c2nc3ccccc3s2)cc1. The third-order valence-electron chi connectivity index (χ3n) is 3.37. The van der Waals surface area contributed by atoms with E-state index in [-0.39, 0.29) is 0 Å². The average molecular weight is 311 g/mol. The van der Waals surface area contributed by atoms with Gasteiger partial charge < -0.3 is 4.57 Å². The highest BCUT2D eigenvalue weighted by atomic mass is 35.5. The molecule has 4 heteroatoms. The number of halogens is 1. The molecule has 0 spiro atoms. The van der Waals surface area contributed by atoms with Crippen molar-refractivity contribution in [1.82, 2.24) is 9.55 Å². The van der Waals surface area contributed by atoms with Crippen LogP contribution in [-0.2, 0) is 0 Å². The average Bonchev–Trinajstić information content (AvgIpc) is 3.14. The first-order valence-electron chi connectivity index (χ1n) is 6.60. The molecule has 2 heterocycles. The summed E-state index contributed by atoms with van der Waals surface area (Å²) in [4.78, 5) is 4.73. The van der Waals surface area contributed by atoms with Gasteiger partial charge in [-0.05, 0) is 48.5 Å². The summed E-state index contributed by atoms with van der Waals surface area (Å²) in [5.74, 6) is 0. The Labute approximate surface area is 131 Å². The van der Waals surface area contributed by atoms with Crippen molar-refractivity contribution in [3.8, 4) is 16.4 Å². The number of fused-ring (bicyclic) bond motifs is 1. The van der Waals surface area contributed by atoms with E-state index in [0.717, 1.165) is 26.9 Å². The molecule has 0 aliphatic rings. The van der Waals surface area contributed by atoms with Gasteiger partial charge in [-0.15, -0.1) is 11.3 Å². The van der Waals surface area contributed by atoms with Crippen LogP contribution in [0.1, 0.15) is 0 Å². The van der Waals surface area contributed by atoms with Crippen molar-refractivity contribution in [2.75, 3.05) is 0 Å². The van der Waals surface area contributed by atoms with Gasteiger partial charge in [0.05, 0.1) is 15.9 Å². The van der Waals surface area contributed by atoms with Crippen molar-refractivity contribution in [2.45, 2.75) is 0 Å². The highest BCUT2D eigenvalue weighted by molar-refractivity contribution is 7.21. The minimum absolute atomic E-state index is 0.743. The molecule has 2 nitrogen and oxygen atoms in total. The number of hydrogen-bond acceptors (Lipinski definition) is 2. The van der Waals surface area contributed by atoms with E-state index in [4.69, 9.17) is 16.6 Å². The lowest BCUT2D eigenvalue weighted by Gasteiger charge is -2.07. The fraction of sp³-hybridized carbons (Fsp3) is 0. The normalized spacial score (nSPS) is 11.1. The predicted molar refractivity (Wildman–Crippen MR) is 89.4 cm³/mol. The topological polar surface area (TPSA) is 17.8 Å². The maximum absolute atomic E-state index is 5.96. The second kappa shape index (κ2) is 5.02. The second-order valence-electron chi connectivity index (χ2n) is 4.73. The molecule has 2 aromatic carbocycles. The molecule has 0 radical (unpaired) electrons. The van der Waals surface area contributed by atoms with Gasteiger partial charge in [0, 0.05) is 16.9 Å². The summed E-state index contributed by atoms with van der Waals surface area (Å²) in [5, 5.41) is 1.77. The molecule has 0 N–H and O–H groups in total. The van der Waals surface area contributed by atoms with Crippen molar-refractivity contribution in [3.05, 3.63) is 71.9 Å². The minimum atomic E-state index is 0.743. The number of thiazole rings is 1. The van der Waals surface area contributed by atoms with E-state index in [1.54, 1.807) is 11.3 Å². The fourth-order valence-electron chi connectivity index (χ4n) is 2.36. The van der Waals surface area contributed by atoms with Gasteiger partial charge in [-0.1, -0.05) is 23.7 Å². The van der Waals surface area contributed by atoms with Crippen LogP contribution in [-0.4, -0.2) is 9.55 Å². The molecule has 0 atom stereocenters. The van der Waals surface area contributed by atoms with Crippen molar-refractivity contribution < 1.29 is 0 Å². The van der Waals surface area contributed by atoms with Gasteiger partial charge in [-0.3, -0.25) is 0 Å². The molecule has 0 saturated heterocycles. The van der Waals surface area contributed by atoms with Crippen LogP contribution in [0.15, 0.2) is 66.9 Å². The number of rotatable bonds is 2. The number of hydrogen-bond donors (Lipinski definition) is 0. The van der Waals surface area contributed by atoms with Gasteiger partial charge in [0.1, 0.15) is 5.01 Å². The summed E-state index contributed by atoms with van der Waals surface area (Å²) in [6, 6.07) is 20.2. The molecule has 4 aromatic rings. The monoisotopic (exact) mass is 310 g/mol. The Bertz CT molecular complexity index is 873. The molecule has 21 heavy (non-hydrogen) atoms. The van der Waals surface area contributed by atoms with Crippen LogP contribution >= 0.6 is 22.9 Å². The Morgan fingerprint density at radius 3 is 2.52 bits per heavy atom. The zero-order chi connectivity index (χ0) is 14.2. The molecule has 0 fully saturated rings. The van der Waals surface area contributed by atoms with Gasteiger partial charge in [0.15, 0.2) is 0 Å². The first-order chi connectivity index (χ1) is 10.3. The quantitative estimate of drug-likeness (QED) is 0.484. The molecule has 0 aliphatic heterocycles. The Balaban J connectivity index is 1.86. The zero-order valence-corrected chi connectivity index (χ0v) is 12.6. The third-order valence-corrected chi connectivity index (χ3v) is 4.68. The van der Waals surface area contributed by atoms with Crippen molar-refractivity contribution in [3.63, 3.8) is 0 Å². The number of nitrogens with zero attached hydrogens (tertiary/aromatic N) is 2. The fourth-order valence-corrected chi connectivity index (χ4v) is 3.48. The summed E-state index contributed by atoms with van der Waals surface area (Å²) >= 11 is 7.67. The minimum Gasteiger partial charge on any atom is -0.314 e. The number of para-hydroxylation sites is 1. The van der Waals surface area contributed by atoms with E-state index >= 15 is 0 Å². The van der Waals surface area contributed by atoms with Gasteiger partial charge in [0.2, 0.25) is 0 Å². The highest BCUT2D eigenvalue weighted by Gasteiger charge is 2.10. The predicted octanol–water partition coefficient (Wildman–Crippen LogP) is 5.41. The van der Waals surface area contributed by atoms with Crippen LogP contribution in [0.25, 0.3) is 26.6 Å². The smallest absolute Gasteiger partial charge is 0.141 e. The zero-order valence-electron chi connectivity index (χ0n) is 11.0. The van der Waals surface area contributed by atoms with Crippen LogP contribution < -0.4 is 0 Å². The van der Waals surface area contributed by atoms with Crippen LogP contribution in [0, 0.1) is 0 Å². The van der Waals surface area contributed by atoms with E-state index in [9.17, 15) is 0 Å². The molecule has 0 bridgehead atoms. The van der Waals surface area contributed by atoms with E-state index < -0.39 is 0 Å². The van der Waals surface area contributed by atoms with Crippen LogP contribution in [0.5, 0.6) is 0 Å². The molecule has 0 aliphatic carbocycles. The van der Waals surface area contributed by atoms with Crippen LogP contribution in [0.4, 0.5) is 0 Å². The Kier molecular flexibility index (Phi) is 3.02. The molecule has 4 rings (SSSR count). The third kappa shape index (κ3) is 2.24. The summed E-state index contributed by atoms with van der Waals surface area (Å²) in [5.41, 5.74) is 3.22. The molecular weight excluding hydrogens is 300 g/mol. The van der Waals surface area contributed by atoms with Gasteiger partial charge in [0.25, 0.3) is 0 Å². The number of benzene rings is 2. The number of aromatic nitrogens is 2. The highest BCUT2D eigenvalue weighted by Crippen LogP contribution is 2.31. The van der Waals surface area contributed by atoms with Gasteiger partial charge >= 0.3 is 0 Å². The van der Waals surface area contributed by atoms with Gasteiger partial charge in [-0.2, -0.15) is 0 Å². The van der Waals surface area contributed by atoms with E-state index in [1.165, 1.54) is 4.70 Å². The Morgan fingerprint density at radius 2 is 1.71 bits per heavy atom. The summed E-state index contributed by atoms with van der Waals surface area (Å²) < 4.78 is 3.34. The molecule has 0 unspecified atom stereocenters. The van der Waals surface area contributed by atoms with E-state index in [1.807, 2.05) is 54.7 Å². The molecule has 0 saturated carbocycles. The maximum atomic E-state index is 5.96. The second-order valence-corrected chi connectivity index (χ2v) is 6.19. The molecular formula is C17H11ClN2S. The van der Waals surface area contributed by atoms with Crippen molar-refractivity contribution >= 4 is 33.2 Å². The standard InChI is InChI=1S/C17H11ClN2S/c18-12-7-9-13(10-8-12)20-11-3-5-15(20)17-19-14-4-1-2-6-16(14)21-17/h1-11H. The largest absolute Gasteiger partial charge is 0.314 e. The summed E-state index contributed by atoms with van der Waals surface area (Å²) in [7, 11) is 0. The molecule has 102 valence electrons. The van der Waals surface area contributed by atoms with Crippen molar-refractivity contribution in [2.24, 2.45) is 0 Å². The lowest BCUT2D eigenvalue weighted by molar-refractivity contribution is 1.08. The maximum Gasteiger partial charge on any atom is 0.141 e. The first-order valence-corrected chi connectivity index (χ1v) is 7.80. The lowest BCUT2D eigenvalue weighted by Crippen LogP contribution is -1.94. The lowest BCUT2D eigenvalue weighted by atomic mass is 10.3. The van der Waals surface area contributed by atoms with Crippen molar-refractivity contribution in [1.29, 1.82) is 0 Å². The van der Waals surface area contributed by atoms with E-state index in [2.05, 4.69) is 16.7 Å². The van der Waals surface area contributed by atoms with Crippen LogP contribution in [0.3, 0.4) is 0 Å². The van der Waals surface area contributed by atoms with Crippen LogP contribution in [0.2, 0.25) is 5.02 Å². The molecule has 0 amide bonds. The first kappa shape index (κ1) is 12.6. The van der Waals surface area contributed by atoms with E-state index in [0.29, 0.717) is 0 Å². The summed E-state index contributed by atoms with van der Waals surface area (Å²) in [6.45, 7) is 0. The molecule has 2 aromatic heterocycles. The Hall–Kier alpha value is -2.10. The van der Waals surface area contributed by atoms with Gasteiger partial charge in [-0.25, -0.2) is 4.98 Å². The Morgan fingerprint density at radius 1 is 0.905 bits per heavy atom.